The monoisotopic (exact) mass is 347 g/mol. The van der Waals surface area contributed by atoms with Crippen LogP contribution in [0, 0.1) is 5.92 Å². The first kappa shape index (κ1) is 18.4. The van der Waals surface area contributed by atoms with Gasteiger partial charge >= 0.3 is 6.03 Å². The van der Waals surface area contributed by atoms with Crippen molar-refractivity contribution in [1.82, 2.24) is 15.2 Å². The molecule has 5 nitrogen and oxygen atoms in total. The van der Waals surface area contributed by atoms with Crippen molar-refractivity contribution in [3.63, 3.8) is 0 Å². The van der Waals surface area contributed by atoms with Crippen LogP contribution < -0.4 is 5.32 Å². The van der Waals surface area contributed by atoms with Crippen LogP contribution in [0.15, 0.2) is 42.0 Å². The molecule has 0 aromatic carbocycles. The average molecular weight is 347 g/mol. The highest BCUT2D eigenvalue weighted by Gasteiger charge is 2.18. The number of hydrogen-bond acceptors (Lipinski definition) is 4. The Morgan fingerprint density at radius 2 is 2.21 bits per heavy atom. The Balaban J connectivity index is 1.96. The molecule has 2 heterocycles. The Morgan fingerprint density at radius 1 is 1.38 bits per heavy atom. The van der Waals surface area contributed by atoms with Crippen LogP contribution in [0.1, 0.15) is 30.4 Å². The van der Waals surface area contributed by atoms with E-state index in [4.69, 9.17) is 4.74 Å². The zero-order chi connectivity index (χ0) is 17.4. The first-order chi connectivity index (χ1) is 11.6. The minimum Gasteiger partial charge on any atom is -0.374 e. The molecular formula is C18H25N3O2S. The summed E-state index contributed by atoms with van der Waals surface area (Å²) in [5.74, 6) is 0.392. The summed E-state index contributed by atoms with van der Waals surface area (Å²) in [6.45, 7) is 5.91. The maximum Gasteiger partial charge on any atom is 0.317 e. The molecule has 0 radical (unpaired) electrons. The molecule has 2 amide bonds. The highest BCUT2D eigenvalue weighted by molar-refractivity contribution is 7.10. The molecule has 0 unspecified atom stereocenters. The van der Waals surface area contributed by atoms with Crippen molar-refractivity contribution < 1.29 is 9.53 Å². The van der Waals surface area contributed by atoms with Gasteiger partial charge in [-0.05, 0) is 29.0 Å². The van der Waals surface area contributed by atoms with E-state index in [0.29, 0.717) is 25.6 Å². The largest absolute Gasteiger partial charge is 0.374 e. The van der Waals surface area contributed by atoms with Crippen molar-refractivity contribution in [1.29, 1.82) is 0 Å². The summed E-state index contributed by atoms with van der Waals surface area (Å²) >= 11 is 1.63. The molecule has 0 aliphatic rings. The molecule has 2 rings (SSSR count). The molecule has 0 aliphatic heterocycles. The van der Waals surface area contributed by atoms with E-state index in [9.17, 15) is 4.79 Å². The number of pyridine rings is 1. The number of methoxy groups -OCH3 is 1. The quantitative estimate of drug-likeness (QED) is 0.792. The van der Waals surface area contributed by atoms with Crippen LogP contribution in [-0.2, 0) is 11.3 Å². The highest BCUT2D eigenvalue weighted by Crippen LogP contribution is 2.21. The fourth-order valence-corrected chi connectivity index (χ4v) is 3.24. The maximum absolute atomic E-state index is 12.6. The lowest BCUT2D eigenvalue weighted by atomic mass is 10.2. The molecule has 1 N–H and O–H groups in total. The number of aromatic nitrogens is 1. The molecule has 0 bridgehead atoms. The Morgan fingerprint density at radius 3 is 2.79 bits per heavy atom. The third-order valence-corrected chi connectivity index (χ3v) is 4.52. The van der Waals surface area contributed by atoms with Crippen molar-refractivity contribution in [3.05, 3.63) is 52.5 Å². The SMILES string of the molecule is CO[C@H](CNC(=O)N(Cc1cccnc1)CC(C)C)c1cccs1. The van der Waals surface area contributed by atoms with Crippen LogP contribution in [0.4, 0.5) is 4.79 Å². The van der Waals surface area contributed by atoms with Gasteiger partial charge in [0.05, 0.1) is 6.54 Å². The minimum absolute atomic E-state index is 0.0776. The molecule has 2 aromatic heterocycles. The zero-order valence-electron chi connectivity index (χ0n) is 14.4. The van der Waals surface area contributed by atoms with Gasteiger partial charge in [0.15, 0.2) is 0 Å². The number of urea groups is 1. The fraction of sp³-hybridized carbons (Fsp3) is 0.444. The Hall–Kier alpha value is -1.92. The van der Waals surface area contributed by atoms with Gasteiger partial charge in [-0.3, -0.25) is 4.98 Å². The standard InChI is InChI=1S/C18H25N3O2S/c1-14(2)12-21(13-15-6-4-8-19-10-15)18(22)20-11-16(23-3)17-7-5-9-24-17/h4-10,14,16H,11-13H2,1-3H3,(H,20,22)/t16-/m1/s1. The molecule has 0 saturated heterocycles. The number of nitrogens with one attached hydrogen (secondary N) is 1. The number of hydrogen-bond donors (Lipinski definition) is 1. The summed E-state index contributed by atoms with van der Waals surface area (Å²) in [5, 5.41) is 5.01. The second-order valence-electron chi connectivity index (χ2n) is 6.06. The molecule has 6 heteroatoms. The van der Waals surface area contributed by atoms with Crippen LogP contribution in [0.3, 0.4) is 0 Å². The molecule has 2 aromatic rings. The topological polar surface area (TPSA) is 54.5 Å². The summed E-state index contributed by atoms with van der Waals surface area (Å²) < 4.78 is 5.49. The predicted octanol–water partition coefficient (Wildman–Crippen LogP) is 3.70. The maximum atomic E-state index is 12.6. The minimum atomic E-state index is -0.117. The smallest absolute Gasteiger partial charge is 0.317 e. The average Bonchev–Trinajstić information content (AvgIpc) is 3.09. The van der Waals surface area contributed by atoms with Crippen molar-refractivity contribution in [2.45, 2.75) is 26.5 Å². The number of rotatable bonds is 8. The van der Waals surface area contributed by atoms with Crippen LogP contribution in [0.2, 0.25) is 0 Å². The second kappa shape index (κ2) is 9.39. The van der Waals surface area contributed by atoms with Crippen molar-refractivity contribution in [2.24, 2.45) is 5.92 Å². The summed E-state index contributed by atoms with van der Waals surface area (Å²) in [5.41, 5.74) is 1.02. The lowest BCUT2D eigenvalue weighted by molar-refractivity contribution is 0.103. The number of thiophene rings is 1. The summed E-state index contributed by atoms with van der Waals surface area (Å²) in [6, 6.07) is 7.80. The number of carbonyl (C=O) groups excluding carboxylic acids is 1. The highest BCUT2D eigenvalue weighted by atomic mass is 32.1. The number of carbonyl (C=O) groups is 1. The zero-order valence-corrected chi connectivity index (χ0v) is 15.3. The van der Waals surface area contributed by atoms with E-state index in [-0.39, 0.29) is 12.1 Å². The Kier molecular flexibility index (Phi) is 7.21. The van der Waals surface area contributed by atoms with Crippen molar-refractivity contribution in [3.8, 4) is 0 Å². The van der Waals surface area contributed by atoms with E-state index in [1.54, 1.807) is 30.8 Å². The van der Waals surface area contributed by atoms with Gasteiger partial charge in [0.2, 0.25) is 0 Å². The van der Waals surface area contributed by atoms with Crippen LogP contribution in [0.5, 0.6) is 0 Å². The van der Waals surface area contributed by atoms with Gasteiger partial charge in [-0.15, -0.1) is 11.3 Å². The summed E-state index contributed by atoms with van der Waals surface area (Å²) in [4.78, 5) is 19.7. The van der Waals surface area contributed by atoms with Crippen molar-refractivity contribution >= 4 is 17.4 Å². The Bertz CT molecular complexity index is 602. The van der Waals surface area contributed by atoms with Gasteiger partial charge in [0.25, 0.3) is 0 Å². The molecule has 130 valence electrons. The lowest BCUT2D eigenvalue weighted by Gasteiger charge is -2.26. The molecule has 0 spiro atoms. The van der Waals surface area contributed by atoms with E-state index in [1.807, 2.05) is 34.5 Å². The number of amides is 2. The van der Waals surface area contributed by atoms with E-state index < -0.39 is 0 Å². The normalized spacial score (nSPS) is 12.2. The third-order valence-electron chi connectivity index (χ3n) is 3.55. The van der Waals surface area contributed by atoms with Gasteiger partial charge in [-0.1, -0.05) is 26.0 Å². The lowest BCUT2D eigenvalue weighted by Crippen LogP contribution is -2.43. The number of nitrogens with zero attached hydrogens (tertiary/aromatic N) is 2. The third kappa shape index (κ3) is 5.62. The van der Waals surface area contributed by atoms with Crippen LogP contribution in [-0.4, -0.2) is 36.1 Å². The summed E-state index contributed by atoms with van der Waals surface area (Å²) in [6.07, 6.45) is 3.42. The second-order valence-corrected chi connectivity index (χ2v) is 7.04. The van der Waals surface area contributed by atoms with Crippen LogP contribution >= 0.6 is 11.3 Å². The molecular weight excluding hydrogens is 322 g/mol. The number of ether oxygens (including phenoxy) is 1. The molecule has 1 atom stereocenters. The fourth-order valence-electron chi connectivity index (χ4n) is 2.44. The van der Waals surface area contributed by atoms with Gasteiger partial charge in [-0.2, -0.15) is 0 Å². The molecule has 24 heavy (non-hydrogen) atoms. The van der Waals surface area contributed by atoms with Crippen molar-refractivity contribution in [2.75, 3.05) is 20.2 Å². The predicted molar refractivity (Wildman–Crippen MR) is 97.0 cm³/mol. The van der Waals surface area contributed by atoms with E-state index in [1.165, 1.54) is 0 Å². The summed E-state index contributed by atoms with van der Waals surface area (Å²) in [7, 11) is 1.66. The molecule has 0 fully saturated rings. The van der Waals surface area contributed by atoms with E-state index in [0.717, 1.165) is 10.4 Å². The Labute approximate surface area is 147 Å². The molecule has 0 saturated carbocycles. The van der Waals surface area contributed by atoms with Gasteiger partial charge in [-0.25, -0.2) is 4.79 Å². The van der Waals surface area contributed by atoms with Crippen LogP contribution in [0.25, 0.3) is 0 Å². The van der Waals surface area contributed by atoms with Gasteiger partial charge < -0.3 is 15.0 Å². The first-order valence-electron chi connectivity index (χ1n) is 8.08. The van der Waals surface area contributed by atoms with Gasteiger partial charge in [0.1, 0.15) is 6.10 Å². The van der Waals surface area contributed by atoms with E-state index in [2.05, 4.69) is 24.1 Å². The molecule has 0 aliphatic carbocycles. The first-order valence-corrected chi connectivity index (χ1v) is 8.96. The van der Waals surface area contributed by atoms with E-state index >= 15 is 0 Å². The van der Waals surface area contributed by atoms with Gasteiger partial charge in [0, 0.05) is 37.5 Å².